The van der Waals surface area contributed by atoms with Gasteiger partial charge in [0, 0.05) is 5.54 Å². The van der Waals surface area contributed by atoms with Crippen LogP contribution >= 0.6 is 0 Å². The Morgan fingerprint density at radius 2 is 1.76 bits per heavy atom. The monoisotopic (exact) mass is 287 g/mol. The molecule has 0 radical (unpaired) electrons. The molecule has 2 N–H and O–H groups in total. The van der Waals surface area contributed by atoms with Crippen LogP contribution < -0.4 is 5.73 Å². The largest absolute Gasteiger partial charge is 0.325 e. The predicted molar refractivity (Wildman–Crippen MR) is 92.8 cm³/mol. The minimum Gasteiger partial charge on any atom is -0.325 e. The van der Waals surface area contributed by atoms with Gasteiger partial charge >= 0.3 is 0 Å². The highest BCUT2D eigenvalue weighted by Crippen LogP contribution is 2.34. The molecule has 21 heavy (non-hydrogen) atoms. The molecule has 0 saturated heterocycles. The summed E-state index contributed by atoms with van der Waals surface area (Å²) >= 11 is 0. The van der Waals surface area contributed by atoms with Crippen molar-refractivity contribution >= 4 is 0 Å². The Balaban J connectivity index is 2.11. The van der Waals surface area contributed by atoms with Crippen molar-refractivity contribution in [3.63, 3.8) is 0 Å². The van der Waals surface area contributed by atoms with E-state index in [4.69, 9.17) is 5.73 Å². The van der Waals surface area contributed by atoms with Crippen molar-refractivity contribution in [3.05, 3.63) is 34.4 Å². The molecule has 1 saturated carbocycles. The molecular weight excluding hydrogens is 254 g/mol. The molecule has 0 bridgehead atoms. The summed E-state index contributed by atoms with van der Waals surface area (Å²) in [5, 5.41) is 0. The SMILES string of the molecule is CCCC1CCCC(N)(Cc2c(C)cc(C)cc2C)CC1. The molecule has 2 atom stereocenters. The summed E-state index contributed by atoms with van der Waals surface area (Å²) in [6, 6.07) is 4.62. The number of aryl methyl sites for hydroxylation is 3. The Kier molecular flexibility index (Phi) is 5.48. The highest BCUT2D eigenvalue weighted by Gasteiger charge is 2.30. The second-order valence-corrected chi connectivity index (χ2v) is 7.50. The molecule has 1 fully saturated rings. The molecule has 0 heterocycles. The van der Waals surface area contributed by atoms with Crippen LogP contribution in [0.25, 0.3) is 0 Å². The van der Waals surface area contributed by atoms with E-state index in [-0.39, 0.29) is 5.54 Å². The molecule has 2 rings (SSSR count). The van der Waals surface area contributed by atoms with Gasteiger partial charge in [0.05, 0.1) is 0 Å². The molecule has 1 aliphatic carbocycles. The minimum atomic E-state index is 0.0211. The Labute approximate surface area is 131 Å². The van der Waals surface area contributed by atoms with Crippen LogP contribution in [-0.4, -0.2) is 5.54 Å². The van der Waals surface area contributed by atoms with Gasteiger partial charge in [0.25, 0.3) is 0 Å². The zero-order valence-electron chi connectivity index (χ0n) is 14.5. The summed E-state index contributed by atoms with van der Waals surface area (Å²) in [5.41, 5.74) is 12.6. The Hall–Kier alpha value is -0.820. The summed E-state index contributed by atoms with van der Waals surface area (Å²) < 4.78 is 0. The van der Waals surface area contributed by atoms with Crippen molar-refractivity contribution < 1.29 is 0 Å². The van der Waals surface area contributed by atoms with Crippen LogP contribution in [-0.2, 0) is 6.42 Å². The van der Waals surface area contributed by atoms with Crippen molar-refractivity contribution in [2.75, 3.05) is 0 Å². The van der Waals surface area contributed by atoms with Gasteiger partial charge in [-0.05, 0) is 69.1 Å². The first kappa shape index (κ1) is 16.5. The Morgan fingerprint density at radius 1 is 1.10 bits per heavy atom. The standard InChI is InChI=1S/C20H33N/c1-5-7-18-8-6-10-20(21,11-9-18)14-19-16(3)12-15(2)13-17(19)4/h12-13,18H,5-11,14,21H2,1-4H3. The van der Waals surface area contributed by atoms with E-state index in [0.717, 1.165) is 12.3 Å². The zero-order chi connectivity index (χ0) is 15.5. The highest BCUT2D eigenvalue weighted by atomic mass is 14.7. The van der Waals surface area contributed by atoms with E-state index in [0.29, 0.717) is 0 Å². The maximum Gasteiger partial charge on any atom is 0.0195 e. The Bertz CT molecular complexity index is 454. The van der Waals surface area contributed by atoms with Gasteiger partial charge in [-0.3, -0.25) is 0 Å². The molecule has 1 nitrogen and oxygen atoms in total. The van der Waals surface area contributed by atoms with Crippen LogP contribution in [0, 0.1) is 26.7 Å². The average Bonchev–Trinajstić information content (AvgIpc) is 2.58. The van der Waals surface area contributed by atoms with Crippen LogP contribution in [0.3, 0.4) is 0 Å². The molecule has 1 aromatic rings. The van der Waals surface area contributed by atoms with Crippen LogP contribution in [0.2, 0.25) is 0 Å². The molecule has 0 amide bonds. The van der Waals surface area contributed by atoms with Gasteiger partial charge in [-0.2, -0.15) is 0 Å². The fourth-order valence-corrected chi connectivity index (χ4v) is 4.22. The molecule has 0 spiro atoms. The van der Waals surface area contributed by atoms with Crippen LogP contribution in [0.4, 0.5) is 0 Å². The minimum absolute atomic E-state index is 0.0211. The van der Waals surface area contributed by atoms with Crippen molar-refractivity contribution in [2.24, 2.45) is 11.7 Å². The van der Waals surface area contributed by atoms with Crippen molar-refractivity contribution in [1.29, 1.82) is 0 Å². The van der Waals surface area contributed by atoms with E-state index in [2.05, 4.69) is 39.8 Å². The van der Waals surface area contributed by atoms with Gasteiger partial charge in [0.1, 0.15) is 0 Å². The average molecular weight is 287 g/mol. The first-order valence-electron chi connectivity index (χ1n) is 8.79. The van der Waals surface area contributed by atoms with E-state index in [1.807, 2.05) is 0 Å². The molecule has 1 heteroatoms. The molecule has 118 valence electrons. The summed E-state index contributed by atoms with van der Waals surface area (Å²) in [6.45, 7) is 8.98. The first-order valence-corrected chi connectivity index (χ1v) is 8.79. The summed E-state index contributed by atoms with van der Waals surface area (Å²) in [5.74, 6) is 0.917. The van der Waals surface area contributed by atoms with Crippen molar-refractivity contribution in [3.8, 4) is 0 Å². The quantitative estimate of drug-likeness (QED) is 0.754. The number of hydrogen-bond acceptors (Lipinski definition) is 1. The molecule has 0 aromatic heterocycles. The lowest BCUT2D eigenvalue weighted by Crippen LogP contribution is -2.42. The van der Waals surface area contributed by atoms with Gasteiger partial charge < -0.3 is 5.73 Å². The fourth-order valence-electron chi connectivity index (χ4n) is 4.22. The maximum absolute atomic E-state index is 6.83. The fraction of sp³-hybridized carbons (Fsp3) is 0.700. The highest BCUT2D eigenvalue weighted by molar-refractivity contribution is 5.38. The lowest BCUT2D eigenvalue weighted by atomic mass is 9.81. The van der Waals surface area contributed by atoms with Gasteiger partial charge in [-0.25, -0.2) is 0 Å². The van der Waals surface area contributed by atoms with Crippen LogP contribution in [0.5, 0.6) is 0 Å². The molecule has 2 unspecified atom stereocenters. The van der Waals surface area contributed by atoms with Crippen LogP contribution in [0.15, 0.2) is 12.1 Å². The molecular formula is C20H33N. The van der Waals surface area contributed by atoms with E-state index in [1.54, 1.807) is 0 Å². The van der Waals surface area contributed by atoms with Crippen molar-refractivity contribution in [1.82, 2.24) is 0 Å². The topological polar surface area (TPSA) is 26.0 Å². The van der Waals surface area contributed by atoms with Gasteiger partial charge in [-0.15, -0.1) is 0 Å². The van der Waals surface area contributed by atoms with Crippen LogP contribution in [0.1, 0.15) is 74.1 Å². The molecule has 1 aliphatic rings. The Morgan fingerprint density at radius 3 is 2.38 bits per heavy atom. The summed E-state index contributed by atoms with van der Waals surface area (Å²) in [6.07, 6.45) is 10.2. The number of benzene rings is 1. The second-order valence-electron chi connectivity index (χ2n) is 7.50. The predicted octanol–water partition coefficient (Wildman–Crippen LogP) is 5.23. The zero-order valence-corrected chi connectivity index (χ0v) is 14.5. The second kappa shape index (κ2) is 6.96. The lowest BCUT2D eigenvalue weighted by molar-refractivity contribution is 0.354. The van der Waals surface area contributed by atoms with E-state index < -0.39 is 0 Å². The third-order valence-corrected chi connectivity index (χ3v) is 5.40. The summed E-state index contributed by atoms with van der Waals surface area (Å²) in [7, 11) is 0. The third kappa shape index (κ3) is 4.32. The van der Waals surface area contributed by atoms with Gasteiger partial charge in [-0.1, -0.05) is 50.3 Å². The van der Waals surface area contributed by atoms with E-state index in [9.17, 15) is 0 Å². The van der Waals surface area contributed by atoms with E-state index in [1.165, 1.54) is 67.2 Å². The number of rotatable bonds is 4. The molecule has 1 aromatic carbocycles. The van der Waals surface area contributed by atoms with Gasteiger partial charge in [0.15, 0.2) is 0 Å². The number of nitrogens with two attached hydrogens (primary N) is 1. The normalized spacial score (nSPS) is 26.6. The molecule has 0 aliphatic heterocycles. The van der Waals surface area contributed by atoms with Crippen molar-refractivity contribution in [2.45, 2.75) is 84.6 Å². The summed E-state index contributed by atoms with van der Waals surface area (Å²) in [4.78, 5) is 0. The maximum atomic E-state index is 6.83. The third-order valence-electron chi connectivity index (χ3n) is 5.40. The van der Waals surface area contributed by atoms with Gasteiger partial charge in [0.2, 0.25) is 0 Å². The number of hydrogen-bond donors (Lipinski definition) is 1. The van der Waals surface area contributed by atoms with E-state index >= 15 is 0 Å². The first-order chi connectivity index (χ1) is 9.93. The lowest BCUT2D eigenvalue weighted by Gasteiger charge is -2.30. The smallest absolute Gasteiger partial charge is 0.0195 e.